The number of amides is 2. The lowest BCUT2D eigenvalue weighted by Crippen LogP contribution is -2.53. The van der Waals surface area contributed by atoms with Crippen molar-refractivity contribution in [3.05, 3.63) is 92.9 Å². The first-order valence-corrected chi connectivity index (χ1v) is 16.4. The fourth-order valence-electron chi connectivity index (χ4n) is 4.83. The largest absolute Gasteiger partial charge is 0.352 e. The van der Waals surface area contributed by atoms with Gasteiger partial charge in [-0.2, -0.15) is 0 Å². The first kappa shape index (κ1) is 31.3. The molecule has 218 valence electrons. The summed E-state index contributed by atoms with van der Waals surface area (Å²) in [5.41, 5.74) is 1.03. The first-order valence-electron chi connectivity index (χ1n) is 13.4. The van der Waals surface area contributed by atoms with Crippen LogP contribution in [-0.4, -0.2) is 43.8 Å². The van der Waals surface area contributed by atoms with E-state index in [2.05, 4.69) is 21.2 Å². The fraction of sp³-hybridized carbons (Fsp3) is 0.333. The average Bonchev–Trinajstić information content (AvgIpc) is 2.95. The van der Waals surface area contributed by atoms with Gasteiger partial charge in [0.1, 0.15) is 12.6 Å². The Hall–Kier alpha value is -2.59. The van der Waals surface area contributed by atoms with Gasteiger partial charge in [-0.15, -0.1) is 0 Å². The maximum Gasteiger partial charge on any atom is 0.264 e. The van der Waals surface area contributed by atoms with Crippen LogP contribution in [0.25, 0.3) is 0 Å². The molecule has 0 radical (unpaired) electrons. The molecule has 3 aromatic rings. The van der Waals surface area contributed by atoms with E-state index in [0.717, 1.165) is 46.4 Å². The summed E-state index contributed by atoms with van der Waals surface area (Å²) in [6, 6.07) is 18.7. The number of halogens is 3. The molecule has 0 saturated heterocycles. The van der Waals surface area contributed by atoms with E-state index in [1.54, 1.807) is 25.1 Å². The summed E-state index contributed by atoms with van der Waals surface area (Å²) in [5.74, 6) is -0.797. The van der Waals surface area contributed by atoms with Crippen molar-refractivity contribution in [2.24, 2.45) is 0 Å². The second-order valence-corrected chi connectivity index (χ2v) is 13.8. The van der Waals surface area contributed by atoms with Gasteiger partial charge in [-0.05, 0) is 79.9 Å². The Morgan fingerprint density at radius 1 is 0.951 bits per heavy atom. The minimum atomic E-state index is -4.20. The molecule has 7 nitrogen and oxygen atoms in total. The summed E-state index contributed by atoms with van der Waals surface area (Å²) in [6.07, 6.45) is 5.07. The van der Waals surface area contributed by atoms with Crippen LogP contribution in [-0.2, 0) is 26.2 Å². The minimum Gasteiger partial charge on any atom is -0.352 e. The minimum absolute atomic E-state index is 0.0303. The van der Waals surface area contributed by atoms with Gasteiger partial charge in [0.05, 0.1) is 10.6 Å². The number of carbonyl (C=O) groups excluding carboxylic acids is 2. The quantitative estimate of drug-likeness (QED) is 0.255. The van der Waals surface area contributed by atoms with Crippen LogP contribution < -0.4 is 9.62 Å². The Morgan fingerprint density at radius 3 is 2.24 bits per heavy atom. The third kappa shape index (κ3) is 8.25. The zero-order valence-electron chi connectivity index (χ0n) is 22.6. The molecule has 11 heteroatoms. The van der Waals surface area contributed by atoms with E-state index >= 15 is 0 Å². The Kier molecular flexibility index (Phi) is 10.7. The molecule has 0 heterocycles. The normalized spacial score (nSPS) is 14.7. The van der Waals surface area contributed by atoms with Crippen molar-refractivity contribution >= 4 is 66.7 Å². The molecule has 2 amide bonds. The van der Waals surface area contributed by atoms with Crippen molar-refractivity contribution in [2.45, 2.75) is 62.6 Å². The number of anilines is 1. The van der Waals surface area contributed by atoms with E-state index in [1.807, 2.05) is 24.3 Å². The molecule has 3 aromatic carbocycles. The highest BCUT2D eigenvalue weighted by Crippen LogP contribution is 2.28. The number of nitrogens with zero attached hydrogens (tertiary/aromatic N) is 2. The summed E-state index contributed by atoms with van der Waals surface area (Å²) < 4.78 is 29.6. The number of nitrogens with one attached hydrogen (secondary N) is 1. The molecule has 1 atom stereocenters. The molecule has 4 rings (SSSR count). The van der Waals surface area contributed by atoms with Crippen molar-refractivity contribution in [3.63, 3.8) is 0 Å². The molecule has 0 bridgehead atoms. The van der Waals surface area contributed by atoms with Crippen LogP contribution in [0.4, 0.5) is 5.69 Å². The number of sulfonamides is 1. The van der Waals surface area contributed by atoms with Crippen molar-refractivity contribution < 1.29 is 18.0 Å². The summed E-state index contributed by atoms with van der Waals surface area (Å²) in [5, 5.41) is 3.80. The summed E-state index contributed by atoms with van der Waals surface area (Å²) in [7, 11) is -4.20. The van der Waals surface area contributed by atoms with E-state index in [1.165, 1.54) is 35.2 Å². The number of hydrogen-bond donors (Lipinski definition) is 1. The van der Waals surface area contributed by atoms with Crippen LogP contribution in [0.15, 0.2) is 82.2 Å². The van der Waals surface area contributed by atoms with E-state index in [9.17, 15) is 18.0 Å². The van der Waals surface area contributed by atoms with Gasteiger partial charge in [-0.25, -0.2) is 8.42 Å². The van der Waals surface area contributed by atoms with Crippen LogP contribution >= 0.6 is 39.1 Å². The van der Waals surface area contributed by atoms with Crippen molar-refractivity contribution in [3.8, 4) is 0 Å². The molecule has 0 aliphatic heterocycles. The Balaban J connectivity index is 1.67. The lowest BCUT2D eigenvalue weighted by atomic mass is 9.95. The second-order valence-electron chi connectivity index (χ2n) is 10.1. The van der Waals surface area contributed by atoms with Crippen LogP contribution in [0.5, 0.6) is 0 Å². The standard InChI is InChI=1S/C30H32BrCl2N3O4S/c1-21(30(38)34-26-7-3-2-4-8-26)35(19-22-10-12-23(31)13-11-22)29(37)20-36(27-9-5-6-25(33)18-27)41(39,40)28-16-14-24(32)15-17-28/h5-6,9-18,21,26H,2-4,7-8,19-20H2,1H3,(H,34,38)/t21-/m1/s1. The lowest BCUT2D eigenvalue weighted by molar-refractivity contribution is -0.139. The first-order chi connectivity index (χ1) is 19.5. The van der Waals surface area contributed by atoms with Crippen LogP contribution in [0.3, 0.4) is 0 Å². The third-order valence-electron chi connectivity index (χ3n) is 7.16. The Morgan fingerprint density at radius 2 is 1.61 bits per heavy atom. The van der Waals surface area contributed by atoms with Crippen LogP contribution in [0, 0.1) is 0 Å². The zero-order chi connectivity index (χ0) is 29.6. The molecule has 0 aromatic heterocycles. The van der Waals surface area contributed by atoms with Gasteiger partial charge >= 0.3 is 0 Å². The average molecular weight is 681 g/mol. The van der Waals surface area contributed by atoms with Gasteiger partial charge in [0, 0.05) is 27.1 Å². The maximum atomic E-state index is 14.0. The van der Waals surface area contributed by atoms with Gasteiger partial charge < -0.3 is 10.2 Å². The van der Waals surface area contributed by atoms with Crippen LogP contribution in [0.2, 0.25) is 10.0 Å². The SMILES string of the molecule is C[C@H](C(=O)NC1CCCCC1)N(Cc1ccc(Br)cc1)C(=O)CN(c1cccc(Cl)c1)S(=O)(=O)c1ccc(Cl)cc1. The Bertz CT molecular complexity index is 1460. The number of hydrogen-bond acceptors (Lipinski definition) is 4. The molecule has 1 N–H and O–H groups in total. The number of carbonyl (C=O) groups is 2. The van der Waals surface area contributed by atoms with Crippen molar-refractivity contribution in [2.75, 3.05) is 10.8 Å². The third-order valence-corrected chi connectivity index (χ3v) is 9.97. The molecule has 1 saturated carbocycles. The molecular formula is C30H32BrCl2N3O4S. The molecular weight excluding hydrogens is 649 g/mol. The predicted octanol–water partition coefficient (Wildman–Crippen LogP) is 6.82. The number of benzene rings is 3. The van der Waals surface area contributed by atoms with E-state index in [0.29, 0.717) is 10.0 Å². The summed E-state index contributed by atoms with van der Waals surface area (Å²) >= 11 is 15.6. The monoisotopic (exact) mass is 679 g/mol. The highest BCUT2D eigenvalue weighted by molar-refractivity contribution is 9.10. The fourth-order valence-corrected chi connectivity index (χ4v) is 6.81. The van der Waals surface area contributed by atoms with Crippen molar-refractivity contribution in [1.82, 2.24) is 10.2 Å². The van der Waals surface area contributed by atoms with E-state index in [-0.39, 0.29) is 29.1 Å². The predicted molar refractivity (Wildman–Crippen MR) is 167 cm³/mol. The molecule has 1 aliphatic rings. The van der Waals surface area contributed by atoms with Crippen LogP contribution in [0.1, 0.15) is 44.6 Å². The smallest absolute Gasteiger partial charge is 0.264 e. The highest BCUT2D eigenvalue weighted by Gasteiger charge is 2.33. The second kappa shape index (κ2) is 14.1. The molecule has 1 fully saturated rings. The van der Waals surface area contributed by atoms with E-state index < -0.39 is 28.5 Å². The zero-order valence-corrected chi connectivity index (χ0v) is 26.5. The Labute approximate surface area is 260 Å². The topological polar surface area (TPSA) is 86.8 Å². The lowest BCUT2D eigenvalue weighted by Gasteiger charge is -2.33. The van der Waals surface area contributed by atoms with Gasteiger partial charge in [-0.3, -0.25) is 13.9 Å². The highest BCUT2D eigenvalue weighted by atomic mass is 79.9. The maximum absolute atomic E-state index is 14.0. The van der Waals surface area contributed by atoms with Gasteiger partial charge in [0.2, 0.25) is 11.8 Å². The summed E-state index contributed by atoms with van der Waals surface area (Å²) in [4.78, 5) is 28.8. The van der Waals surface area contributed by atoms with Gasteiger partial charge in [0.25, 0.3) is 10.0 Å². The molecule has 1 aliphatic carbocycles. The van der Waals surface area contributed by atoms with E-state index in [4.69, 9.17) is 23.2 Å². The van der Waals surface area contributed by atoms with Gasteiger partial charge in [0.15, 0.2) is 0 Å². The molecule has 41 heavy (non-hydrogen) atoms. The molecule has 0 spiro atoms. The summed E-state index contributed by atoms with van der Waals surface area (Å²) in [6.45, 7) is 1.25. The van der Waals surface area contributed by atoms with Crippen molar-refractivity contribution in [1.29, 1.82) is 0 Å². The molecule has 0 unspecified atom stereocenters. The number of rotatable bonds is 10. The van der Waals surface area contributed by atoms with Gasteiger partial charge in [-0.1, -0.05) is 76.6 Å².